The van der Waals surface area contributed by atoms with Gasteiger partial charge < -0.3 is 19.5 Å². The Morgan fingerprint density at radius 1 is 1.04 bits per heavy atom. The Bertz CT molecular complexity index is 914. The highest BCUT2D eigenvalue weighted by Crippen LogP contribution is 2.34. The molecule has 0 spiro atoms. The number of nitrogens with zero attached hydrogens (tertiary/aromatic N) is 1. The predicted molar refractivity (Wildman–Crippen MR) is 96.9 cm³/mol. The Morgan fingerprint density at radius 3 is 2.22 bits per heavy atom. The summed E-state index contributed by atoms with van der Waals surface area (Å²) in [7, 11) is 3.96. The number of hydrogen-bond acceptors (Lipinski definition) is 7. The lowest BCUT2D eigenvalue weighted by atomic mass is 10.1. The molecular formula is C17H15ClN2O7. The van der Waals surface area contributed by atoms with Crippen LogP contribution in [0, 0.1) is 10.1 Å². The van der Waals surface area contributed by atoms with Crippen molar-refractivity contribution in [2.45, 2.75) is 0 Å². The van der Waals surface area contributed by atoms with E-state index in [9.17, 15) is 19.7 Å². The number of ether oxygens (including phenoxy) is 3. The van der Waals surface area contributed by atoms with Crippen molar-refractivity contribution >= 4 is 34.9 Å². The van der Waals surface area contributed by atoms with Gasteiger partial charge in [-0.1, -0.05) is 11.6 Å². The lowest BCUT2D eigenvalue weighted by Gasteiger charge is -2.15. The monoisotopic (exact) mass is 394 g/mol. The molecule has 10 heteroatoms. The summed E-state index contributed by atoms with van der Waals surface area (Å²) in [5.74, 6) is -0.965. The van der Waals surface area contributed by atoms with Gasteiger partial charge in [0, 0.05) is 24.3 Å². The number of nitro benzene ring substituents is 1. The first-order valence-corrected chi connectivity index (χ1v) is 7.79. The van der Waals surface area contributed by atoms with Crippen molar-refractivity contribution in [3.8, 4) is 11.5 Å². The molecule has 0 aromatic heterocycles. The molecule has 0 aliphatic heterocycles. The SMILES string of the molecule is COC(=O)c1cc(OC)c(OC)cc1NC(=O)c1cc([N+](=O)[O-])ccc1Cl. The molecule has 0 heterocycles. The molecule has 0 saturated carbocycles. The number of benzene rings is 2. The Morgan fingerprint density at radius 2 is 1.67 bits per heavy atom. The van der Waals surface area contributed by atoms with Gasteiger partial charge in [-0.05, 0) is 6.07 Å². The Kier molecular flexibility index (Phi) is 6.19. The summed E-state index contributed by atoms with van der Waals surface area (Å²) in [5.41, 5.74) is -0.362. The fraction of sp³-hybridized carbons (Fsp3) is 0.176. The zero-order valence-electron chi connectivity index (χ0n) is 14.6. The van der Waals surface area contributed by atoms with Gasteiger partial charge in [0.1, 0.15) is 0 Å². The summed E-state index contributed by atoms with van der Waals surface area (Å²) in [6.07, 6.45) is 0. The molecular weight excluding hydrogens is 380 g/mol. The van der Waals surface area contributed by atoms with E-state index in [1.807, 2.05) is 0 Å². The van der Waals surface area contributed by atoms with E-state index < -0.39 is 16.8 Å². The molecule has 27 heavy (non-hydrogen) atoms. The number of anilines is 1. The molecule has 0 aliphatic rings. The van der Waals surface area contributed by atoms with Crippen molar-refractivity contribution in [3.05, 3.63) is 56.6 Å². The van der Waals surface area contributed by atoms with E-state index in [1.54, 1.807) is 0 Å². The van der Waals surface area contributed by atoms with Crippen molar-refractivity contribution in [3.63, 3.8) is 0 Å². The van der Waals surface area contributed by atoms with Crippen molar-refractivity contribution in [1.82, 2.24) is 0 Å². The number of hydrogen-bond donors (Lipinski definition) is 1. The molecule has 0 saturated heterocycles. The van der Waals surface area contributed by atoms with Gasteiger partial charge in [-0.15, -0.1) is 0 Å². The van der Waals surface area contributed by atoms with Gasteiger partial charge in [0.2, 0.25) is 0 Å². The third-order valence-corrected chi connectivity index (χ3v) is 3.91. The maximum absolute atomic E-state index is 12.6. The normalized spacial score (nSPS) is 10.1. The number of nitro groups is 1. The van der Waals surface area contributed by atoms with Crippen LogP contribution >= 0.6 is 11.6 Å². The maximum atomic E-state index is 12.6. The van der Waals surface area contributed by atoms with Crippen molar-refractivity contribution < 1.29 is 28.7 Å². The van der Waals surface area contributed by atoms with Crippen LogP contribution in [0.5, 0.6) is 11.5 Å². The highest BCUT2D eigenvalue weighted by molar-refractivity contribution is 6.34. The van der Waals surface area contributed by atoms with Crippen molar-refractivity contribution in [2.24, 2.45) is 0 Å². The number of carbonyl (C=O) groups excluding carboxylic acids is 2. The van der Waals surface area contributed by atoms with Crippen LogP contribution in [0.25, 0.3) is 0 Å². The summed E-state index contributed by atoms with van der Waals surface area (Å²) >= 11 is 5.98. The van der Waals surface area contributed by atoms with Gasteiger partial charge in [-0.25, -0.2) is 4.79 Å². The van der Waals surface area contributed by atoms with Crippen LogP contribution in [0.3, 0.4) is 0 Å². The maximum Gasteiger partial charge on any atom is 0.340 e. The first kappa shape index (κ1) is 20.0. The summed E-state index contributed by atoms with van der Waals surface area (Å²) in [6, 6.07) is 6.17. The van der Waals surface area contributed by atoms with E-state index >= 15 is 0 Å². The van der Waals surface area contributed by atoms with Gasteiger partial charge in [0.15, 0.2) is 11.5 Å². The highest BCUT2D eigenvalue weighted by atomic mass is 35.5. The van der Waals surface area contributed by atoms with E-state index in [2.05, 4.69) is 5.32 Å². The number of nitrogens with one attached hydrogen (secondary N) is 1. The average molecular weight is 395 g/mol. The highest BCUT2D eigenvalue weighted by Gasteiger charge is 2.21. The zero-order valence-corrected chi connectivity index (χ0v) is 15.3. The second-order valence-electron chi connectivity index (χ2n) is 5.12. The van der Waals surface area contributed by atoms with Gasteiger partial charge in [-0.2, -0.15) is 0 Å². The first-order chi connectivity index (χ1) is 12.8. The van der Waals surface area contributed by atoms with Crippen LogP contribution in [0.1, 0.15) is 20.7 Å². The number of esters is 1. The third-order valence-electron chi connectivity index (χ3n) is 3.58. The number of carbonyl (C=O) groups is 2. The summed E-state index contributed by atoms with van der Waals surface area (Å²) in [6.45, 7) is 0. The average Bonchev–Trinajstić information content (AvgIpc) is 2.66. The molecule has 9 nitrogen and oxygen atoms in total. The number of non-ortho nitro benzene ring substituents is 1. The molecule has 2 aromatic carbocycles. The van der Waals surface area contributed by atoms with Crippen LogP contribution in [-0.4, -0.2) is 38.1 Å². The van der Waals surface area contributed by atoms with Crippen molar-refractivity contribution in [2.75, 3.05) is 26.6 Å². The minimum Gasteiger partial charge on any atom is -0.493 e. The third kappa shape index (κ3) is 4.26. The van der Waals surface area contributed by atoms with Crippen LogP contribution < -0.4 is 14.8 Å². The molecule has 0 atom stereocenters. The predicted octanol–water partition coefficient (Wildman–Crippen LogP) is 3.30. The van der Waals surface area contributed by atoms with E-state index in [1.165, 1.54) is 45.6 Å². The molecule has 2 aromatic rings. The number of rotatable bonds is 6. The molecule has 0 fully saturated rings. The van der Waals surface area contributed by atoms with Crippen LogP contribution in [0.2, 0.25) is 5.02 Å². The molecule has 2 rings (SSSR count). The van der Waals surface area contributed by atoms with Crippen molar-refractivity contribution in [1.29, 1.82) is 0 Å². The van der Waals surface area contributed by atoms with Crippen LogP contribution in [-0.2, 0) is 4.74 Å². The minimum atomic E-state index is -0.749. The van der Waals surface area contributed by atoms with E-state index in [4.69, 9.17) is 25.8 Å². The van der Waals surface area contributed by atoms with Gasteiger partial charge in [0.05, 0.1) is 48.1 Å². The second kappa shape index (κ2) is 8.37. The first-order valence-electron chi connectivity index (χ1n) is 7.42. The molecule has 0 unspecified atom stereocenters. The number of halogens is 1. The Hall–Kier alpha value is -3.33. The molecule has 142 valence electrons. The number of amides is 1. The van der Waals surface area contributed by atoms with Gasteiger partial charge in [0.25, 0.3) is 11.6 Å². The fourth-order valence-corrected chi connectivity index (χ4v) is 2.46. The smallest absolute Gasteiger partial charge is 0.340 e. The zero-order chi connectivity index (χ0) is 20.1. The second-order valence-corrected chi connectivity index (χ2v) is 5.53. The topological polar surface area (TPSA) is 117 Å². The molecule has 1 N–H and O–H groups in total. The summed E-state index contributed by atoms with van der Waals surface area (Å²) in [5, 5.41) is 13.4. The Labute approximate surface area is 158 Å². The number of methoxy groups -OCH3 is 3. The fourth-order valence-electron chi connectivity index (χ4n) is 2.25. The lowest BCUT2D eigenvalue weighted by molar-refractivity contribution is -0.384. The molecule has 1 amide bonds. The standard InChI is InChI=1S/C17H15ClN2O7/c1-25-14-7-11(17(22)27-3)13(8-15(14)26-2)19-16(21)10-6-9(20(23)24)4-5-12(10)18/h4-8H,1-3H3,(H,19,21). The largest absolute Gasteiger partial charge is 0.493 e. The van der Waals surface area contributed by atoms with Crippen LogP contribution in [0.15, 0.2) is 30.3 Å². The van der Waals surface area contributed by atoms with Crippen LogP contribution in [0.4, 0.5) is 11.4 Å². The lowest BCUT2D eigenvalue weighted by Crippen LogP contribution is -2.16. The van der Waals surface area contributed by atoms with E-state index in [0.29, 0.717) is 0 Å². The molecule has 0 aliphatic carbocycles. The molecule has 0 radical (unpaired) electrons. The minimum absolute atomic E-state index is 0.00468. The van der Waals surface area contributed by atoms with E-state index in [-0.39, 0.29) is 39.0 Å². The van der Waals surface area contributed by atoms with Gasteiger partial charge in [-0.3, -0.25) is 14.9 Å². The Balaban J connectivity index is 2.49. The van der Waals surface area contributed by atoms with Gasteiger partial charge >= 0.3 is 5.97 Å². The summed E-state index contributed by atoms with van der Waals surface area (Å²) < 4.78 is 15.0. The quantitative estimate of drug-likeness (QED) is 0.453. The summed E-state index contributed by atoms with van der Waals surface area (Å²) in [4.78, 5) is 34.9. The molecule has 0 bridgehead atoms. The van der Waals surface area contributed by atoms with E-state index in [0.717, 1.165) is 6.07 Å².